The van der Waals surface area contributed by atoms with Crippen molar-refractivity contribution in [2.75, 3.05) is 5.32 Å². The van der Waals surface area contributed by atoms with Gasteiger partial charge in [-0.1, -0.05) is 25.6 Å². The minimum absolute atomic E-state index is 0.0493. The number of hydrogen-bond acceptors (Lipinski definition) is 7. The Labute approximate surface area is 200 Å². The number of aromatic nitrogens is 3. The molecule has 9 nitrogen and oxygen atoms in total. The van der Waals surface area contributed by atoms with Crippen LogP contribution in [0.4, 0.5) is 15.8 Å². The summed E-state index contributed by atoms with van der Waals surface area (Å²) in [7, 11) is 0. The molecule has 1 aromatic heterocycles. The third-order valence-electron chi connectivity index (χ3n) is 4.78. The van der Waals surface area contributed by atoms with E-state index in [9.17, 15) is 19.3 Å². The van der Waals surface area contributed by atoms with E-state index in [1.165, 1.54) is 48.2 Å². The predicted octanol–water partition coefficient (Wildman–Crippen LogP) is 5.24. The topological polar surface area (TPSA) is 112 Å². The Morgan fingerprint density at radius 3 is 2.35 bits per heavy atom. The van der Waals surface area contributed by atoms with Crippen molar-refractivity contribution in [3.05, 3.63) is 70.3 Å². The van der Waals surface area contributed by atoms with Gasteiger partial charge in [0.2, 0.25) is 5.91 Å². The van der Waals surface area contributed by atoms with E-state index < -0.39 is 16.3 Å². The molecular weight excluding hydrogens is 461 g/mol. The molecule has 2 atom stereocenters. The van der Waals surface area contributed by atoms with Gasteiger partial charge in [-0.2, -0.15) is 0 Å². The van der Waals surface area contributed by atoms with Crippen LogP contribution in [0.15, 0.2) is 53.7 Å². The summed E-state index contributed by atoms with van der Waals surface area (Å²) in [6.45, 7) is 8.34. The fraction of sp³-hybridized carbons (Fsp3) is 0.348. The molecule has 0 aliphatic carbocycles. The lowest BCUT2D eigenvalue weighted by Crippen LogP contribution is -2.23. The summed E-state index contributed by atoms with van der Waals surface area (Å²) in [4.78, 5) is 23.0. The summed E-state index contributed by atoms with van der Waals surface area (Å²) in [6, 6.07) is 11.4. The molecule has 34 heavy (non-hydrogen) atoms. The van der Waals surface area contributed by atoms with Gasteiger partial charge in [-0.15, -0.1) is 10.2 Å². The molecule has 180 valence electrons. The lowest BCUT2D eigenvalue weighted by Gasteiger charge is -2.18. The zero-order valence-electron chi connectivity index (χ0n) is 19.3. The van der Waals surface area contributed by atoms with Gasteiger partial charge in [0.05, 0.1) is 10.2 Å². The van der Waals surface area contributed by atoms with Crippen molar-refractivity contribution in [1.29, 1.82) is 0 Å². The smallest absolute Gasteiger partial charge is 0.269 e. The van der Waals surface area contributed by atoms with E-state index in [2.05, 4.69) is 29.4 Å². The highest BCUT2D eigenvalue weighted by Gasteiger charge is 2.24. The lowest BCUT2D eigenvalue weighted by atomic mass is 10.2. The summed E-state index contributed by atoms with van der Waals surface area (Å²) in [6.07, 6.45) is -0.449. The van der Waals surface area contributed by atoms with Crippen LogP contribution in [0, 0.1) is 21.8 Å². The van der Waals surface area contributed by atoms with Crippen molar-refractivity contribution in [2.24, 2.45) is 5.92 Å². The van der Waals surface area contributed by atoms with Gasteiger partial charge in [0.1, 0.15) is 11.6 Å². The molecule has 1 N–H and O–H groups in total. The molecule has 1 amide bonds. The second-order valence-corrected chi connectivity index (χ2v) is 9.42. The molecule has 1 heterocycles. The maximum Gasteiger partial charge on any atom is 0.269 e. The molecule has 0 fully saturated rings. The SMILES string of the molecule is CC(C)Cn1c(SC(C)C(=O)Nc2ccc([N+](=O)[O-])cc2)nnc1C(C)Oc1ccc(F)cc1. The molecule has 0 aliphatic rings. The molecule has 3 aromatic rings. The van der Waals surface area contributed by atoms with Gasteiger partial charge in [-0.25, -0.2) is 4.39 Å². The van der Waals surface area contributed by atoms with Crippen LogP contribution in [0.3, 0.4) is 0 Å². The van der Waals surface area contributed by atoms with E-state index in [1.54, 1.807) is 19.1 Å². The molecule has 0 bridgehead atoms. The molecule has 0 radical (unpaired) electrons. The fourth-order valence-electron chi connectivity index (χ4n) is 3.12. The van der Waals surface area contributed by atoms with E-state index >= 15 is 0 Å². The lowest BCUT2D eigenvalue weighted by molar-refractivity contribution is -0.384. The number of nitro benzene ring substituents is 1. The first-order chi connectivity index (χ1) is 16.1. The van der Waals surface area contributed by atoms with Gasteiger partial charge >= 0.3 is 0 Å². The van der Waals surface area contributed by atoms with Gasteiger partial charge < -0.3 is 14.6 Å². The maximum atomic E-state index is 13.2. The number of nitrogens with zero attached hydrogens (tertiary/aromatic N) is 4. The van der Waals surface area contributed by atoms with Crippen LogP contribution in [0.25, 0.3) is 0 Å². The third kappa shape index (κ3) is 6.53. The van der Waals surface area contributed by atoms with Gasteiger partial charge in [-0.05, 0) is 56.2 Å². The predicted molar refractivity (Wildman–Crippen MR) is 127 cm³/mol. The molecule has 0 saturated carbocycles. The van der Waals surface area contributed by atoms with Crippen LogP contribution >= 0.6 is 11.8 Å². The highest BCUT2D eigenvalue weighted by atomic mass is 32.2. The van der Waals surface area contributed by atoms with E-state index in [0.29, 0.717) is 29.0 Å². The van der Waals surface area contributed by atoms with Crippen LogP contribution in [-0.2, 0) is 11.3 Å². The summed E-state index contributed by atoms with van der Waals surface area (Å²) < 4.78 is 21.0. The first-order valence-electron chi connectivity index (χ1n) is 10.7. The van der Waals surface area contributed by atoms with Crippen molar-refractivity contribution in [2.45, 2.75) is 50.8 Å². The van der Waals surface area contributed by atoms with Crippen LogP contribution < -0.4 is 10.1 Å². The Kier molecular flexibility index (Phi) is 8.21. The number of ether oxygens (including phenoxy) is 1. The molecular formula is C23H26FN5O4S. The number of benzene rings is 2. The second kappa shape index (κ2) is 11.1. The van der Waals surface area contributed by atoms with Crippen LogP contribution in [0.2, 0.25) is 0 Å². The van der Waals surface area contributed by atoms with Crippen molar-refractivity contribution in [3.8, 4) is 5.75 Å². The number of nitrogens with one attached hydrogen (secondary N) is 1. The molecule has 2 unspecified atom stereocenters. The van der Waals surface area contributed by atoms with E-state index in [0.717, 1.165) is 0 Å². The number of rotatable bonds is 10. The minimum atomic E-state index is -0.508. The Morgan fingerprint density at radius 1 is 1.12 bits per heavy atom. The van der Waals surface area contributed by atoms with Gasteiger partial charge in [0.25, 0.3) is 5.69 Å². The summed E-state index contributed by atoms with van der Waals surface area (Å²) >= 11 is 1.26. The van der Waals surface area contributed by atoms with Gasteiger partial charge in [0, 0.05) is 24.4 Å². The number of non-ortho nitro benzene ring substituents is 1. The fourth-order valence-corrected chi connectivity index (χ4v) is 3.98. The number of thioether (sulfide) groups is 1. The zero-order chi connectivity index (χ0) is 24.8. The summed E-state index contributed by atoms with van der Waals surface area (Å²) in [5.41, 5.74) is 0.417. The number of carbonyl (C=O) groups excluding carboxylic acids is 1. The third-order valence-corrected chi connectivity index (χ3v) is 5.86. The van der Waals surface area contributed by atoms with Crippen LogP contribution in [-0.4, -0.2) is 30.8 Å². The number of anilines is 1. The monoisotopic (exact) mass is 487 g/mol. The maximum absolute atomic E-state index is 13.2. The first kappa shape index (κ1) is 25.2. The van der Waals surface area contributed by atoms with Gasteiger partial charge in [-0.3, -0.25) is 14.9 Å². The molecule has 3 rings (SSSR count). The molecule has 0 aliphatic heterocycles. The Morgan fingerprint density at radius 2 is 1.76 bits per heavy atom. The van der Waals surface area contributed by atoms with Crippen LogP contribution in [0.1, 0.15) is 39.6 Å². The van der Waals surface area contributed by atoms with Gasteiger partial charge in [0.15, 0.2) is 17.1 Å². The van der Waals surface area contributed by atoms with E-state index in [4.69, 9.17) is 4.74 Å². The Bertz CT molecular complexity index is 1140. The van der Waals surface area contributed by atoms with Crippen molar-refractivity contribution >= 4 is 29.0 Å². The standard InChI is InChI=1S/C23H26FN5O4S/c1-14(2)13-28-21(15(3)33-20-11-5-17(24)6-12-20)26-27-23(28)34-16(4)22(30)25-18-7-9-19(10-8-18)29(31)32/h5-12,14-16H,13H2,1-4H3,(H,25,30). The highest BCUT2D eigenvalue weighted by molar-refractivity contribution is 8.00. The molecule has 2 aromatic carbocycles. The number of hydrogen-bond donors (Lipinski definition) is 1. The van der Waals surface area contributed by atoms with Crippen molar-refractivity contribution in [1.82, 2.24) is 14.8 Å². The quantitative estimate of drug-likeness (QED) is 0.236. The number of amides is 1. The molecule has 0 saturated heterocycles. The van der Waals surface area contributed by atoms with E-state index in [1.807, 2.05) is 11.5 Å². The summed E-state index contributed by atoms with van der Waals surface area (Å²) in [5.74, 6) is 0.788. The first-order valence-corrected chi connectivity index (χ1v) is 11.6. The van der Waals surface area contributed by atoms with E-state index in [-0.39, 0.29) is 23.3 Å². The number of nitro groups is 1. The van der Waals surface area contributed by atoms with Crippen molar-refractivity contribution in [3.63, 3.8) is 0 Å². The highest BCUT2D eigenvalue weighted by Crippen LogP contribution is 2.28. The minimum Gasteiger partial charge on any atom is -0.483 e. The van der Waals surface area contributed by atoms with Crippen LogP contribution in [0.5, 0.6) is 5.75 Å². The average molecular weight is 488 g/mol. The molecule has 11 heteroatoms. The average Bonchev–Trinajstić information content (AvgIpc) is 3.17. The Hall–Kier alpha value is -3.47. The molecule has 0 spiro atoms. The number of halogens is 1. The largest absolute Gasteiger partial charge is 0.483 e. The summed E-state index contributed by atoms with van der Waals surface area (Å²) in [5, 5.41) is 22.2. The van der Waals surface area contributed by atoms with Crippen molar-refractivity contribution < 1.29 is 18.8 Å². The Balaban J connectivity index is 1.72. The normalized spacial score (nSPS) is 12.9. The number of carbonyl (C=O) groups is 1. The second-order valence-electron chi connectivity index (χ2n) is 8.11. The zero-order valence-corrected chi connectivity index (χ0v) is 20.1.